The topological polar surface area (TPSA) is 52.6 Å². The van der Waals surface area contributed by atoms with Gasteiger partial charge in [0.25, 0.3) is 0 Å². The van der Waals surface area contributed by atoms with Gasteiger partial charge in [-0.3, -0.25) is 4.79 Å². The van der Waals surface area contributed by atoms with Crippen LogP contribution >= 0.6 is 11.8 Å². The lowest BCUT2D eigenvalue weighted by molar-refractivity contribution is -0.146. The van der Waals surface area contributed by atoms with Gasteiger partial charge < -0.3 is 9.47 Å². The second-order valence-electron chi connectivity index (χ2n) is 5.54. The molecule has 1 atom stereocenters. The Balaban J connectivity index is 2.08. The molecule has 0 spiro atoms. The van der Waals surface area contributed by atoms with Crippen molar-refractivity contribution in [1.29, 1.82) is 0 Å². The number of benzene rings is 2. The number of aryl methyl sites for hydroxylation is 1. The van der Waals surface area contributed by atoms with Gasteiger partial charge in [-0.05, 0) is 25.5 Å². The monoisotopic (exact) mass is 342 g/mol. The van der Waals surface area contributed by atoms with Crippen molar-refractivity contribution in [1.82, 2.24) is 0 Å². The molecule has 0 amide bonds. The second kappa shape index (κ2) is 6.69. The van der Waals surface area contributed by atoms with E-state index in [0.717, 1.165) is 16.0 Å². The number of thioether (sulfide) groups is 1. The standard InChI is InChI=1S/C19H18O4S/c1-3-22-16(20)12-19(14-9-5-4-6-10-14)23-18(21)15-11-7-8-13(2)17(15)24-19/h4-11H,3,12H2,1-2H3. The van der Waals surface area contributed by atoms with Gasteiger partial charge >= 0.3 is 11.9 Å². The molecule has 0 saturated heterocycles. The summed E-state index contributed by atoms with van der Waals surface area (Å²) in [6.07, 6.45) is -0.0327. The Morgan fingerprint density at radius 2 is 1.92 bits per heavy atom. The number of cyclic esters (lactones) is 1. The molecule has 1 unspecified atom stereocenters. The van der Waals surface area contributed by atoms with Crippen LogP contribution in [0.3, 0.4) is 0 Å². The molecule has 0 fully saturated rings. The molecular formula is C19H18O4S. The largest absolute Gasteiger partial charge is 0.466 e. The Morgan fingerprint density at radius 3 is 2.62 bits per heavy atom. The molecule has 0 N–H and O–H groups in total. The molecule has 0 radical (unpaired) electrons. The van der Waals surface area contributed by atoms with E-state index in [4.69, 9.17) is 9.47 Å². The fraction of sp³-hybridized carbons (Fsp3) is 0.263. The second-order valence-corrected chi connectivity index (χ2v) is 6.82. The van der Waals surface area contributed by atoms with Gasteiger partial charge in [-0.2, -0.15) is 0 Å². The molecule has 2 aromatic carbocycles. The van der Waals surface area contributed by atoms with Crippen LogP contribution in [-0.4, -0.2) is 18.5 Å². The number of carbonyl (C=O) groups is 2. The summed E-state index contributed by atoms with van der Waals surface area (Å²) in [4.78, 5) is 24.5. The normalized spacial score (nSPS) is 19.3. The number of carbonyl (C=O) groups excluding carboxylic acids is 2. The van der Waals surface area contributed by atoms with Crippen molar-refractivity contribution in [3.05, 3.63) is 65.2 Å². The first-order valence-electron chi connectivity index (χ1n) is 7.79. The van der Waals surface area contributed by atoms with Crippen molar-refractivity contribution >= 4 is 23.7 Å². The van der Waals surface area contributed by atoms with E-state index in [0.29, 0.717) is 5.56 Å². The zero-order chi connectivity index (χ0) is 17.2. The molecule has 0 bridgehead atoms. The van der Waals surface area contributed by atoms with Gasteiger partial charge in [0.2, 0.25) is 0 Å². The fourth-order valence-electron chi connectivity index (χ4n) is 2.73. The molecule has 0 aromatic heterocycles. The summed E-state index contributed by atoms with van der Waals surface area (Å²) in [6.45, 7) is 4.00. The molecule has 1 heterocycles. The zero-order valence-corrected chi connectivity index (χ0v) is 14.4. The summed E-state index contributed by atoms with van der Waals surface area (Å²) in [6, 6.07) is 14.9. The highest BCUT2D eigenvalue weighted by Crippen LogP contribution is 2.51. The van der Waals surface area contributed by atoms with Gasteiger partial charge in [0.05, 0.1) is 18.6 Å². The lowest BCUT2D eigenvalue weighted by Gasteiger charge is -2.37. The summed E-state index contributed by atoms with van der Waals surface area (Å²) in [7, 11) is 0. The summed E-state index contributed by atoms with van der Waals surface area (Å²) >= 11 is 1.40. The Morgan fingerprint density at radius 1 is 1.17 bits per heavy atom. The Labute approximate surface area is 145 Å². The smallest absolute Gasteiger partial charge is 0.341 e. The third kappa shape index (κ3) is 3.04. The average molecular weight is 342 g/mol. The van der Waals surface area contributed by atoms with Crippen molar-refractivity contribution in [2.45, 2.75) is 30.1 Å². The summed E-state index contributed by atoms with van der Waals surface area (Å²) < 4.78 is 10.9. The number of ether oxygens (including phenoxy) is 2. The van der Waals surface area contributed by atoms with Crippen LogP contribution in [0, 0.1) is 6.92 Å². The molecule has 2 aromatic rings. The highest BCUT2D eigenvalue weighted by molar-refractivity contribution is 8.00. The van der Waals surface area contributed by atoms with E-state index in [1.165, 1.54) is 11.8 Å². The van der Waals surface area contributed by atoms with Crippen molar-refractivity contribution in [3.8, 4) is 0 Å². The molecule has 0 aliphatic carbocycles. The van der Waals surface area contributed by atoms with Gasteiger partial charge in [0, 0.05) is 10.5 Å². The van der Waals surface area contributed by atoms with Crippen molar-refractivity contribution < 1.29 is 19.1 Å². The Hall–Kier alpha value is -2.27. The lowest BCUT2D eigenvalue weighted by Crippen LogP contribution is -2.36. The first kappa shape index (κ1) is 16.6. The molecule has 4 nitrogen and oxygen atoms in total. The number of esters is 2. The average Bonchev–Trinajstić information content (AvgIpc) is 2.57. The Bertz CT molecular complexity index is 772. The van der Waals surface area contributed by atoms with Crippen molar-refractivity contribution in [2.24, 2.45) is 0 Å². The molecule has 124 valence electrons. The van der Waals surface area contributed by atoms with Crippen LogP contribution in [0.5, 0.6) is 0 Å². The van der Waals surface area contributed by atoms with Gasteiger partial charge in [0.15, 0.2) is 4.93 Å². The van der Waals surface area contributed by atoms with Crippen LogP contribution in [0.25, 0.3) is 0 Å². The van der Waals surface area contributed by atoms with E-state index in [-0.39, 0.29) is 13.0 Å². The maximum absolute atomic E-state index is 12.6. The highest BCUT2D eigenvalue weighted by atomic mass is 32.2. The maximum Gasteiger partial charge on any atom is 0.341 e. The van der Waals surface area contributed by atoms with Crippen LogP contribution in [0.15, 0.2) is 53.4 Å². The molecule has 1 aliphatic heterocycles. The molecule has 3 rings (SSSR count). The summed E-state index contributed by atoms with van der Waals surface area (Å²) in [5.41, 5.74) is 2.29. The van der Waals surface area contributed by atoms with Crippen LogP contribution in [-0.2, 0) is 19.2 Å². The fourth-order valence-corrected chi connectivity index (χ4v) is 4.11. The summed E-state index contributed by atoms with van der Waals surface area (Å²) in [5, 5.41) is 0. The van der Waals surface area contributed by atoms with Gasteiger partial charge in [-0.1, -0.05) is 54.2 Å². The maximum atomic E-state index is 12.6. The minimum atomic E-state index is -1.11. The van der Waals surface area contributed by atoms with Crippen molar-refractivity contribution in [2.75, 3.05) is 6.61 Å². The molecule has 1 aliphatic rings. The van der Waals surface area contributed by atoms with E-state index in [1.807, 2.05) is 49.4 Å². The van der Waals surface area contributed by atoms with E-state index in [1.54, 1.807) is 13.0 Å². The van der Waals surface area contributed by atoms with Gasteiger partial charge in [0.1, 0.15) is 0 Å². The van der Waals surface area contributed by atoms with E-state index < -0.39 is 16.9 Å². The molecule has 5 heteroatoms. The number of rotatable bonds is 4. The first-order chi connectivity index (χ1) is 11.6. The zero-order valence-electron chi connectivity index (χ0n) is 13.6. The Kier molecular flexibility index (Phi) is 4.62. The van der Waals surface area contributed by atoms with Crippen LogP contribution in [0.4, 0.5) is 0 Å². The number of fused-ring (bicyclic) bond motifs is 1. The minimum absolute atomic E-state index is 0.0327. The number of hydrogen-bond donors (Lipinski definition) is 0. The summed E-state index contributed by atoms with van der Waals surface area (Å²) in [5.74, 6) is -0.806. The van der Waals surface area contributed by atoms with Crippen LogP contribution < -0.4 is 0 Å². The van der Waals surface area contributed by atoms with Crippen LogP contribution in [0.2, 0.25) is 0 Å². The van der Waals surface area contributed by atoms with Gasteiger partial charge in [-0.25, -0.2) is 4.79 Å². The quantitative estimate of drug-likeness (QED) is 0.784. The minimum Gasteiger partial charge on any atom is -0.466 e. The molecular weight excluding hydrogens is 324 g/mol. The van der Waals surface area contributed by atoms with Gasteiger partial charge in [-0.15, -0.1) is 0 Å². The predicted octanol–water partition coefficient (Wildman–Crippen LogP) is 4.06. The molecule has 0 saturated carbocycles. The van der Waals surface area contributed by atoms with E-state index in [9.17, 15) is 9.59 Å². The number of hydrogen-bond acceptors (Lipinski definition) is 5. The third-order valence-electron chi connectivity index (χ3n) is 3.85. The lowest BCUT2D eigenvalue weighted by atomic mass is 10.0. The third-order valence-corrected chi connectivity index (χ3v) is 5.39. The molecule has 24 heavy (non-hydrogen) atoms. The van der Waals surface area contributed by atoms with Crippen molar-refractivity contribution in [3.63, 3.8) is 0 Å². The SMILES string of the molecule is CCOC(=O)CC1(c2ccccc2)OC(=O)c2cccc(C)c2S1. The van der Waals surface area contributed by atoms with E-state index >= 15 is 0 Å². The highest BCUT2D eigenvalue weighted by Gasteiger charge is 2.45. The predicted molar refractivity (Wildman–Crippen MR) is 91.8 cm³/mol. The van der Waals surface area contributed by atoms with Crippen LogP contribution in [0.1, 0.15) is 34.8 Å². The first-order valence-corrected chi connectivity index (χ1v) is 8.60. The van der Waals surface area contributed by atoms with E-state index in [2.05, 4.69) is 0 Å².